The summed E-state index contributed by atoms with van der Waals surface area (Å²) >= 11 is 0. The first kappa shape index (κ1) is 14.7. The van der Waals surface area contributed by atoms with Crippen molar-refractivity contribution in [1.82, 2.24) is 0 Å². The van der Waals surface area contributed by atoms with Crippen molar-refractivity contribution in [2.45, 2.75) is 27.7 Å². The summed E-state index contributed by atoms with van der Waals surface area (Å²) in [5.41, 5.74) is 2.43. The van der Waals surface area contributed by atoms with Crippen molar-refractivity contribution in [2.24, 2.45) is 0 Å². The number of hydrogen-bond donors (Lipinski definition) is 0. The van der Waals surface area contributed by atoms with Crippen molar-refractivity contribution in [3.8, 4) is 0 Å². The van der Waals surface area contributed by atoms with E-state index in [-0.39, 0.29) is 0 Å². The zero-order chi connectivity index (χ0) is 12.6. The van der Waals surface area contributed by atoms with E-state index in [0.29, 0.717) is 0 Å². The molecule has 0 unspecified atom stereocenters. The molecule has 0 atom stereocenters. The second kappa shape index (κ2) is 7.92. The lowest BCUT2D eigenvalue weighted by atomic mass is 10.0. The van der Waals surface area contributed by atoms with Crippen LogP contribution in [0.15, 0.2) is 36.4 Å². The van der Waals surface area contributed by atoms with Gasteiger partial charge in [-0.15, -0.1) is 0 Å². The zero-order valence-electron chi connectivity index (χ0n) is 10.9. The molecule has 0 amide bonds. The van der Waals surface area contributed by atoms with Crippen molar-refractivity contribution in [3.05, 3.63) is 61.4 Å². The molecule has 0 heteroatoms. The van der Waals surface area contributed by atoms with Crippen LogP contribution in [-0.4, -0.2) is 0 Å². The Morgan fingerprint density at radius 3 is 1.81 bits per heavy atom. The van der Waals surface area contributed by atoms with Crippen LogP contribution >= 0.6 is 0 Å². The van der Waals surface area contributed by atoms with Crippen molar-refractivity contribution < 1.29 is 0 Å². The van der Waals surface area contributed by atoms with Crippen LogP contribution in [0.5, 0.6) is 0 Å². The Hall–Kier alpha value is -1.30. The van der Waals surface area contributed by atoms with Gasteiger partial charge in [0.15, 0.2) is 0 Å². The third-order valence-corrected chi connectivity index (χ3v) is 2.23. The molecule has 0 saturated heterocycles. The molecule has 0 N–H and O–H groups in total. The van der Waals surface area contributed by atoms with Crippen LogP contribution in [-0.2, 0) is 0 Å². The molecule has 0 aliphatic carbocycles. The molecule has 0 fully saturated rings. The lowest BCUT2D eigenvalue weighted by molar-refractivity contribution is 1.50. The second-order valence-corrected chi connectivity index (χ2v) is 3.09. The molecule has 0 saturated carbocycles. The average molecular weight is 214 g/mol. The summed E-state index contributed by atoms with van der Waals surface area (Å²) in [5.74, 6) is 0. The summed E-state index contributed by atoms with van der Waals surface area (Å²) in [6.45, 7) is 15.1. The van der Waals surface area contributed by atoms with Gasteiger partial charge in [0.25, 0.3) is 0 Å². The maximum Gasteiger partial charge on any atom is -0.0149 e. The van der Waals surface area contributed by atoms with Gasteiger partial charge in [-0.05, 0) is 35.7 Å². The van der Waals surface area contributed by atoms with Crippen molar-refractivity contribution >= 4 is 10.8 Å². The van der Waals surface area contributed by atoms with E-state index in [2.05, 4.69) is 57.2 Å². The Morgan fingerprint density at radius 1 is 0.812 bits per heavy atom. The van der Waals surface area contributed by atoms with E-state index in [1.807, 2.05) is 13.8 Å². The van der Waals surface area contributed by atoms with Gasteiger partial charge in [0.05, 0.1) is 0 Å². The van der Waals surface area contributed by atoms with E-state index in [4.69, 9.17) is 0 Å². The molecule has 0 bridgehead atoms. The van der Waals surface area contributed by atoms with Gasteiger partial charge >= 0.3 is 0 Å². The number of aryl methyl sites for hydroxylation is 1. The normalized spacial score (nSPS) is 8.62. The highest BCUT2D eigenvalue weighted by atomic mass is 14.0. The van der Waals surface area contributed by atoms with E-state index in [9.17, 15) is 0 Å². The fraction of sp³-hybridized carbons (Fsp3) is 0.250. The molecule has 16 heavy (non-hydrogen) atoms. The summed E-state index contributed by atoms with van der Waals surface area (Å²) in [6.07, 6.45) is 0. The maximum absolute atomic E-state index is 3.99. The number of fused-ring (bicyclic) bond motifs is 1. The highest BCUT2D eigenvalue weighted by Gasteiger charge is 1.97. The van der Waals surface area contributed by atoms with Gasteiger partial charge in [0, 0.05) is 0 Å². The second-order valence-electron chi connectivity index (χ2n) is 3.09. The topological polar surface area (TPSA) is 0 Å². The standard InChI is InChI=1S/C12H11.C2H6.C2H5/c1-9-7-8-10(2)12-6-4-3-5-11(9)12;2*1-2/h3-8H,1H2,2H3;1-2H3;1H2,2H3. The molecule has 0 aliphatic heterocycles. The molecule has 2 rings (SSSR count). The minimum absolute atomic E-state index is 1.11. The van der Waals surface area contributed by atoms with Crippen LogP contribution in [0.2, 0.25) is 0 Å². The Balaban J connectivity index is 0.000000509. The van der Waals surface area contributed by atoms with Gasteiger partial charge in [-0.2, -0.15) is 0 Å². The first-order chi connectivity index (χ1) is 7.79. The van der Waals surface area contributed by atoms with Crippen LogP contribution in [0.1, 0.15) is 31.9 Å². The molecule has 0 aromatic heterocycles. The summed E-state index contributed by atoms with van der Waals surface area (Å²) in [5, 5.41) is 2.57. The number of rotatable bonds is 0. The minimum atomic E-state index is 1.11. The largest absolute Gasteiger partial charge is 0.0683 e. The monoisotopic (exact) mass is 214 g/mol. The molecule has 0 spiro atoms. The van der Waals surface area contributed by atoms with E-state index >= 15 is 0 Å². The first-order valence-corrected chi connectivity index (χ1v) is 5.80. The Labute approximate surface area is 100 Å². The predicted molar refractivity (Wildman–Crippen MR) is 75.5 cm³/mol. The molecule has 2 aromatic rings. The highest BCUT2D eigenvalue weighted by molar-refractivity contribution is 5.88. The van der Waals surface area contributed by atoms with Crippen molar-refractivity contribution in [2.75, 3.05) is 0 Å². The Kier molecular flexibility index (Phi) is 7.28. The molecule has 0 heterocycles. The fourth-order valence-electron chi connectivity index (χ4n) is 1.51. The van der Waals surface area contributed by atoms with Gasteiger partial charge in [0.2, 0.25) is 0 Å². The minimum Gasteiger partial charge on any atom is -0.0683 e. The van der Waals surface area contributed by atoms with Crippen molar-refractivity contribution in [3.63, 3.8) is 0 Å². The molecular weight excluding hydrogens is 192 g/mol. The SMILES string of the molecule is CC.[CH2]C.[CH2]c1ccc(C)c2ccccc12. The van der Waals surface area contributed by atoms with Gasteiger partial charge in [-0.3, -0.25) is 0 Å². The van der Waals surface area contributed by atoms with E-state index in [1.54, 1.807) is 6.92 Å². The van der Waals surface area contributed by atoms with Crippen LogP contribution in [0.4, 0.5) is 0 Å². The predicted octanol–water partition coefficient (Wildman–Crippen LogP) is 5.20. The van der Waals surface area contributed by atoms with Crippen LogP contribution in [0, 0.1) is 20.8 Å². The van der Waals surface area contributed by atoms with E-state index in [0.717, 1.165) is 5.56 Å². The molecule has 0 nitrogen and oxygen atoms in total. The first-order valence-electron chi connectivity index (χ1n) is 5.80. The maximum atomic E-state index is 3.99. The van der Waals surface area contributed by atoms with Crippen LogP contribution < -0.4 is 0 Å². The van der Waals surface area contributed by atoms with E-state index < -0.39 is 0 Å². The quantitative estimate of drug-likeness (QED) is 0.565. The summed E-state index contributed by atoms with van der Waals surface area (Å²) in [4.78, 5) is 0. The molecule has 2 radical (unpaired) electrons. The van der Waals surface area contributed by atoms with Crippen molar-refractivity contribution in [1.29, 1.82) is 0 Å². The third-order valence-electron chi connectivity index (χ3n) is 2.23. The summed E-state index contributed by atoms with van der Waals surface area (Å²) < 4.78 is 0. The highest BCUT2D eigenvalue weighted by Crippen LogP contribution is 2.20. The lowest BCUT2D eigenvalue weighted by Gasteiger charge is -2.03. The number of hydrogen-bond acceptors (Lipinski definition) is 0. The van der Waals surface area contributed by atoms with Gasteiger partial charge in [-0.25, -0.2) is 0 Å². The Morgan fingerprint density at radius 2 is 1.31 bits per heavy atom. The average Bonchev–Trinajstić information content (AvgIpc) is 2.39. The Bertz CT molecular complexity index is 373. The number of benzene rings is 2. The molecular formula is C16H22. The molecule has 2 aromatic carbocycles. The lowest BCUT2D eigenvalue weighted by Crippen LogP contribution is -1.80. The van der Waals surface area contributed by atoms with Crippen LogP contribution in [0.3, 0.4) is 0 Å². The third kappa shape index (κ3) is 3.37. The summed E-state index contributed by atoms with van der Waals surface area (Å²) in [6, 6.07) is 12.6. The summed E-state index contributed by atoms with van der Waals surface area (Å²) in [7, 11) is 0. The smallest absolute Gasteiger partial charge is 0.0149 e. The van der Waals surface area contributed by atoms with Gasteiger partial charge in [-0.1, -0.05) is 64.1 Å². The fourth-order valence-corrected chi connectivity index (χ4v) is 1.51. The molecule has 86 valence electrons. The van der Waals surface area contributed by atoms with Gasteiger partial charge in [0.1, 0.15) is 0 Å². The molecule has 0 aliphatic rings. The zero-order valence-corrected chi connectivity index (χ0v) is 10.9. The van der Waals surface area contributed by atoms with Crippen LogP contribution in [0.25, 0.3) is 10.8 Å². The van der Waals surface area contributed by atoms with E-state index in [1.165, 1.54) is 16.3 Å². The van der Waals surface area contributed by atoms with Gasteiger partial charge < -0.3 is 0 Å².